The maximum atomic E-state index is 12.0. The van der Waals surface area contributed by atoms with Crippen LogP contribution in [0.2, 0.25) is 0 Å². The maximum absolute atomic E-state index is 12.0. The van der Waals surface area contributed by atoms with Crippen LogP contribution in [0.4, 0.5) is 5.69 Å². The molecule has 1 aromatic rings. The van der Waals surface area contributed by atoms with Crippen molar-refractivity contribution in [1.82, 2.24) is 5.32 Å². The van der Waals surface area contributed by atoms with Gasteiger partial charge in [0, 0.05) is 12.1 Å². The van der Waals surface area contributed by atoms with Crippen molar-refractivity contribution in [2.75, 3.05) is 0 Å². The van der Waals surface area contributed by atoms with Gasteiger partial charge in [-0.15, -0.1) is 0 Å². The van der Waals surface area contributed by atoms with Crippen molar-refractivity contribution in [3.63, 3.8) is 0 Å². The first-order valence-electron chi connectivity index (χ1n) is 6.91. The Labute approximate surface area is 127 Å². The molecule has 0 bridgehead atoms. The van der Waals surface area contributed by atoms with Crippen molar-refractivity contribution in [2.24, 2.45) is 0 Å². The summed E-state index contributed by atoms with van der Waals surface area (Å²) >= 11 is 0. The molecule has 0 unspecified atom stereocenters. The summed E-state index contributed by atoms with van der Waals surface area (Å²) in [5.74, 6) is -0.943. The number of hydrogen-bond acceptors (Lipinski definition) is 5. The van der Waals surface area contributed by atoms with Crippen molar-refractivity contribution >= 4 is 17.7 Å². The first-order chi connectivity index (χ1) is 10.5. The number of amides is 1. The van der Waals surface area contributed by atoms with E-state index in [9.17, 15) is 20.0 Å². The Bertz CT molecular complexity index is 670. The molecule has 1 aliphatic rings. The average Bonchev–Trinajstić information content (AvgIpc) is 2.98. The number of nitro benzene ring substituents is 1. The maximum Gasteiger partial charge on any atom is 0.311 e. The Morgan fingerprint density at radius 2 is 2.14 bits per heavy atom. The van der Waals surface area contributed by atoms with E-state index >= 15 is 0 Å². The van der Waals surface area contributed by atoms with Gasteiger partial charge in [0.2, 0.25) is 0 Å². The van der Waals surface area contributed by atoms with E-state index in [2.05, 4.69) is 5.32 Å². The average molecular weight is 301 g/mol. The zero-order valence-electron chi connectivity index (χ0n) is 11.8. The van der Waals surface area contributed by atoms with Crippen LogP contribution in [0.25, 0.3) is 6.08 Å². The summed E-state index contributed by atoms with van der Waals surface area (Å²) < 4.78 is 0. The Balaban J connectivity index is 2.21. The number of nitrogens with zero attached hydrogens (tertiary/aromatic N) is 2. The number of carbonyl (C=O) groups excluding carboxylic acids is 1. The van der Waals surface area contributed by atoms with Crippen LogP contribution < -0.4 is 5.32 Å². The Morgan fingerprint density at radius 3 is 2.73 bits per heavy atom. The van der Waals surface area contributed by atoms with Crippen LogP contribution in [0.1, 0.15) is 31.2 Å². The minimum atomic E-state index is -0.725. The van der Waals surface area contributed by atoms with Crippen LogP contribution in [0.15, 0.2) is 23.8 Å². The van der Waals surface area contributed by atoms with Crippen LogP contribution in [-0.2, 0) is 4.79 Å². The number of hydrogen-bond donors (Lipinski definition) is 2. The van der Waals surface area contributed by atoms with Crippen LogP contribution in [0, 0.1) is 21.4 Å². The molecule has 114 valence electrons. The lowest BCUT2D eigenvalue weighted by molar-refractivity contribution is -0.385. The van der Waals surface area contributed by atoms with Gasteiger partial charge in [-0.2, -0.15) is 5.26 Å². The Hall–Kier alpha value is -2.88. The molecule has 0 saturated heterocycles. The van der Waals surface area contributed by atoms with Crippen LogP contribution in [0.5, 0.6) is 5.75 Å². The molecule has 0 aromatic heterocycles. The third-order valence-corrected chi connectivity index (χ3v) is 3.56. The lowest BCUT2D eigenvalue weighted by Gasteiger charge is -2.10. The lowest BCUT2D eigenvalue weighted by Crippen LogP contribution is -2.33. The van der Waals surface area contributed by atoms with E-state index in [0.29, 0.717) is 5.56 Å². The molecule has 1 amide bonds. The second-order valence-corrected chi connectivity index (χ2v) is 5.13. The lowest BCUT2D eigenvalue weighted by atomic mass is 10.1. The highest BCUT2D eigenvalue weighted by atomic mass is 16.6. The number of benzene rings is 1. The zero-order valence-corrected chi connectivity index (χ0v) is 11.8. The zero-order chi connectivity index (χ0) is 16.1. The highest BCUT2D eigenvalue weighted by molar-refractivity contribution is 6.01. The second-order valence-electron chi connectivity index (χ2n) is 5.13. The van der Waals surface area contributed by atoms with Crippen LogP contribution in [0.3, 0.4) is 0 Å². The first-order valence-corrected chi connectivity index (χ1v) is 6.91. The summed E-state index contributed by atoms with van der Waals surface area (Å²) in [6.07, 6.45) is 5.18. The van der Waals surface area contributed by atoms with Gasteiger partial charge in [0.15, 0.2) is 5.75 Å². The summed E-state index contributed by atoms with van der Waals surface area (Å²) in [4.78, 5) is 22.1. The quantitative estimate of drug-likeness (QED) is 0.383. The Morgan fingerprint density at radius 1 is 1.45 bits per heavy atom. The number of nitriles is 1. The molecule has 1 aliphatic carbocycles. The topological polar surface area (TPSA) is 116 Å². The highest BCUT2D eigenvalue weighted by Gasteiger charge is 2.20. The largest absolute Gasteiger partial charge is 0.502 e. The minimum absolute atomic E-state index is 0.0819. The van der Waals surface area contributed by atoms with Crippen molar-refractivity contribution in [3.8, 4) is 11.8 Å². The molecule has 1 saturated carbocycles. The summed E-state index contributed by atoms with van der Waals surface area (Å²) in [6.45, 7) is 0. The number of rotatable bonds is 4. The molecule has 0 aliphatic heterocycles. The number of carbonyl (C=O) groups is 1. The van der Waals surface area contributed by atoms with Crippen molar-refractivity contribution in [2.45, 2.75) is 31.7 Å². The summed E-state index contributed by atoms with van der Waals surface area (Å²) in [5, 5.41) is 32.1. The second kappa shape index (κ2) is 6.72. The van der Waals surface area contributed by atoms with Gasteiger partial charge in [-0.3, -0.25) is 14.9 Å². The molecule has 2 rings (SSSR count). The van der Waals surface area contributed by atoms with Gasteiger partial charge in [0.05, 0.1) is 4.92 Å². The predicted molar refractivity (Wildman–Crippen MR) is 78.7 cm³/mol. The minimum Gasteiger partial charge on any atom is -0.502 e. The van der Waals surface area contributed by atoms with Gasteiger partial charge < -0.3 is 10.4 Å². The van der Waals surface area contributed by atoms with E-state index in [1.165, 1.54) is 12.1 Å². The van der Waals surface area contributed by atoms with Gasteiger partial charge in [-0.1, -0.05) is 18.9 Å². The third kappa shape index (κ3) is 3.61. The molecule has 0 spiro atoms. The molecule has 0 radical (unpaired) electrons. The van der Waals surface area contributed by atoms with Crippen molar-refractivity contribution in [3.05, 3.63) is 39.4 Å². The number of phenolic OH excluding ortho intramolecular Hbond substituents is 1. The molecule has 7 heteroatoms. The van der Waals surface area contributed by atoms with Gasteiger partial charge in [0.25, 0.3) is 5.91 Å². The molecule has 2 N–H and O–H groups in total. The summed E-state index contributed by atoms with van der Waals surface area (Å²) in [7, 11) is 0. The fourth-order valence-electron chi connectivity index (χ4n) is 2.43. The normalized spacial score (nSPS) is 15.3. The van der Waals surface area contributed by atoms with E-state index in [0.717, 1.165) is 37.8 Å². The molecule has 22 heavy (non-hydrogen) atoms. The van der Waals surface area contributed by atoms with Crippen molar-refractivity contribution in [1.29, 1.82) is 5.26 Å². The molecule has 0 heterocycles. The van der Waals surface area contributed by atoms with Gasteiger partial charge in [-0.05, 0) is 30.5 Å². The number of phenols is 1. The van der Waals surface area contributed by atoms with E-state index in [1.54, 1.807) is 6.07 Å². The molecule has 1 fully saturated rings. The molecule has 7 nitrogen and oxygen atoms in total. The fraction of sp³-hybridized carbons (Fsp3) is 0.333. The van der Waals surface area contributed by atoms with Crippen molar-refractivity contribution < 1.29 is 14.8 Å². The number of nitro groups is 1. The summed E-state index contributed by atoms with van der Waals surface area (Å²) in [6, 6.07) is 5.57. The SMILES string of the molecule is N#C/C(=C\c1ccc(O)c([N+](=O)[O-])c1)C(=O)NC1CCCC1. The van der Waals surface area contributed by atoms with Crippen LogP contribution >= 0.6 is 0 Å². The molecular formula is C15H15N3O4. The van der Waals surface area contributed by atoms with Gasteiger partial charge in [-0.25, -0.2) is 0 Å². The van der Waals surface area contributed by atoms with E-state index in [1.807, 2.05) is 0 Å². The fourth-order valence-corrected chi connectivity index (χ4v) is 2.43. The Kier molecular flexibility index (Phi) is 4.73. The molecule has 1 aromatic carbocycles. The summed E-state index contributed by atoms with van der Waals surface area (Å²) in [5.41, 5.74) is -0.281. The highest BCUT2D eigenvalue weighted by Crippen LogP contribution is 2.27. The first kappa shape index (κ1) is 15.5. The third-order valence-electron chi connectivity index (χ3n) is 3.56. The standard InChI is InChI=1S/C15H15N3O4/c16-9-11(15(20)17-12-3-1-2-4-12)7-10-5-6-14(19)13(8-10)18(21)22/h5-8,12,19H,1-4H2,(H,17,20)/b11-7+. The molecule has 0 atom stereocenters. The number of nitrogens with one attached hydrogen (secondary N) is 1. The predicted octanol–water partition coefficient (Wildman–Crippen LogP) is 2.27. The molecular weight excluding hydrogens is 286 g/mol. The van der Waals surface area contributed by atoms with E-state index < -0.39 is 22.3 Å². The van der Waals surface area contributed by atoms with E-state index in [-0.39, 0.29) is 11.6 Å². The van der Waals surface area contributed by atoms with E-state index in [4.69, 9.17) is 5.26 Å². The smallest absolute Gasteiger partial charge is 0.311 e. The van der Waals surface area contributed by atoms with Crippen LogP contribution in [-0.4, -0.2) is 22.0 Å². The van der Waals surface area contributed by atoms with Gasteiger partial charge >= 0.3 is 5.69 Å². The number of aromatic hydroxyl groups is 1. The monoisotopic (exact) mass is 301 g/mol. The van der Waals surface area contributed by atoms with Gasteiger partial charge in [0.1, 0.15) is 11.6 Å².